The highest BCUT2D eigenvalue weighted by Gasteiger charge is 2.37. The molecule has 3 aromatic heterocycles. The van der Waals surface area contributed by atoms with Gasteiger partial charge < -0.3 is 10.4 Å². The number of carbonyl (C=O) groups excluding carboxylic acids is 2. The van der Waals surface area contributed by atoms with Gasteiger partial charge in [0.25, 0.3) is 11.7 Å². The van der Waals surface area contributed by atoms with Gasteiger partial charge in [0.05, 0.1) is 28.9 Å². The number of nitrogens with zero attached hydrogens (tertiary/aromatic N) is 8. The molecular weight excluding hydrogens is 555 g/mol. The average molecular weight is 574 g/mol. The molecule has 12 nitrogen and oxygen atoms in total. The van der Waals surface area contributed by atoms with Crippen LogP contribution in [0.2, 0.25) is 5.02 Å². The first-order valence-corrected chi connectivity index (χ1v) is 11.8. The normalized spacial score (nSPS) is 12.2. The second kappa shape index (κ2) is 11.2. The van der Waals surface area contributed by atoms with Crippen LogP contribution in [0.3, 0.4) is 0 Å². The van der Waals surface area contributed by atoms with Gasteiger partial charge in [-0.15, -0.1) is 10.2 Å². The third-order valence-electron chi connectivity index (χ3n) is 5.75. The van der Waals surface area contributed by atoms with Gasteiger partial charge in [-0.3, -0.25) is 9.59 Å². The summed E-state index contributed by atoms with van der Waals surface area (Å²) < 4.78 is 39.6. The van der Waals surface area contributed by atoms with Gasteiger partial charge in [-0.1, -0.05) is 11.6 Å². The predicted octanol–water partition coefficient (Wildman–Crippen LogP) is 2.62. The number of aliphatic hydroxyl groups excluding tert-OH is 1. The summed E-state index contributed by atoms with van der Waals surface area (Å²) in [5.41, 5.74) is 1.05. The maximum atomic E-state index is 13.6. The van der Waals surface area contributed by atoms with Crippen LogP contribution in [0.25, 0.3) is 5.82 Å². The second-order valence-electron chi connectivity index (χ2n) is 8.47. The summed E-state index contributed by atoms with van der Waals surface area (Å²) in [6.07, 6.45) is -5.27. The van der Waals surface area contributed by atoms with E-state index in [2.05, 4.69) is 30.8 Å². The van der Waals surface area contributed by atoms with Crippen LogP contribution in [0.5, 0.6) is 0 Å². The van der Waals surface area contributed by atoms with Crippen molar-refractivity contribution in [3.8, 4) is 11.9 Å². The number of benzene rings is 1. The van der Waals surface area contributed by atoms with Crippen LogP contribution in [-0.4, -0.2) is 58.8 Å². The minimum absolute atomic E-state index is 0.0484. The Hall–Kier alpha value is -4.68. The molecule has 1 amide bonds. The molecule has 1 unspecified atom stereocenters. The van der Waals surface area contributed by atoms with Gasteiger partial charge in [-0.05, 0) is 53.6 Å². The van der Waals surface area contributed by atoms with Crippen molar-refractivity contribution in [1.82, 2.24) is 40.3 Å². The first-order chi connectivity index (χ1) is 18.9. The molecule has 0 aliphatic rings. The molecule has 0 saturated carbocycles. The molecule has 206 valence electrons. The number of halogens is 4. The standard InChI is InChI=1S/C24H19ClF3N9O3/c1-12-6-13(10-29)7-15(22(40)30-2)14(12)8-19(38)18-9-17(33-37(18)21-16(25)4-3-5-31-21)20(39)11-36-34-23(32-35-36)24(26,27)28/h3-7,9,20,39H,8,11H2,1-2H3,(H,30,40). The van der Waals surface area contributed by atoms with E-state index in [1.807, 2.05) is 6.07 Å². The van der Waals surface area contributed by atoms with E-state index in [1.165, 1.54) is 37.5 Å². The lowest BCUT2D eigenvalue weighted by molar-refractivity contribution is -0.145. The number of rotatable bonds is 8. The Morgan fingerprint density at radius 1 is 1.25 bits per heavy atom. The first kappa shape index (κ1) is 28.3. The smallest absolute Gasteiger partial charge is 0.385 e. The van der Waals surface area contributed by atoms with Crippen LogP contribution in [-0.2, 0) is 19.1 Å². The number of ketones is 1. The Morgan fingerprint density at radius 3 is 2.62 bits per heavy atom. The highest BCUT2D eigenvalue weighted by molar-refractivity contribution is 6.32. The fourth-order valence-corrected chi connectivity index (χ4v) is 4.04. The van der Waals surface area contributed by atoms with E-state index in [4.69, 9.17) is 11.6 Å². The van der Waals surface area contributed by atoms with Gasteiger partial charge in [0.2, 0.25) is 0 Å². The number of aryl methyl sites for hydroxylation is 1. The summed E-state index contributed by atoms with van der Waals surface area (Å²) in [7, 11) is 1.41. The number of nitriles is 1. The van der Waals surface area contributed by atoms with E-state index in [9.17, 15) is 33.1 Å². The molecule has 0 aliphatic heterocycles. The van der Waals surface area contributed by atoms with Gasteiger partial charge in [0.15, 0.2) is 11.6 Å². The van der Waals surface area contributed by atoms with Gasteiger partial charge in [-0.25, -0.2) is 9.67 Å². The van der Waals surface area contributed by atoms with Crippen LogP contribution in [0.4, 0.5) is 13.2 Å². The molecule has 4 rings (SSSR count). The molecule has 0 fully saturated rings. The molecule has 0 spiro atoms. The summed E-state index contributed by atoms with van der Waals surface area (Å²) in [5, 5.41) is 36.3. The number of tetrazole rings is 1. The minimum atomic E-state index is -4.82. The molecule has 0 saturated heterocycles. The van der Waals surface area contributed by atoms with E-state index in [0.29, 0.717) is 15.9 Å². The van der Waals surface area contributed by atoms with Crippen LogP contribution in [0.15, 0.2) is 36.5 Å². The van der Waals surface area contributed by atoms with Crippen molar-refractivity contribution in [2.24, 2.45) is 0 Å². The molecule has 4 aromatic rings. The third-order valence-corrected chi connectivity index (χ3v) is 6.04. The quantitative estimate of drug-likeness (QED) is 0.301. The zero-order valence-electron chi connectivity index (χ0n) is 20.8. The number of hydrogen-bond acceptors (Lipinski definition) is 9. The zero-order chi connectivity index (χ0) is 29.2. The predicted molar refractivity (Wildman–Crippen MR) is 131 cm³/mol. The highest BCUT2D eigenvalue weighted by Crippen LogP contribution is 2.27. The molecule has 16 heteroatoms. The summed E-state index contributed by atoms with van der Waals surface area (Å²) in [5.74, 6) is -2.49. The molecule has 1 aromatic carbocycles. The van der Waals surface area contributed by atoms with Crippen LogP contribution in [0.1, 0.15) is 55.2 Å². The van der Waals surface area contributed by atoms with E-state index < -0.39 is 36.3 Å². The summed E-state index contributed by atoms with van der Waals surface area (Å²) >= 11 is 6.28. The largest absolute Gasteiger partial charge is 0.455 e. The summed E-state index contributed by atoms with van der Waals surface area (Å²) in [6, 6.07) is 9.17. The van der Waals surface area contributed by atoms with Gasteiger partial charge >= 0.3 is 6.18 Å². The zero-order valence-corrected chi connectivity index (χ0v) is 21.6. The molecule has 1 atom stereocenters. The first-order valence-electron chi connectivity index (χ1n) is 11.5. The number of hydrogen-bond donors (Lipinski definition) is 2. The molecule has 0 bridgehead atoms. The van der Waals surface area contributed by atoms with Gasteiger partial charge in [0, 0.05) is 25.2 Å². The molecular formula is C24H19ClF3N9O3. The lowest BCUT2D eigenvalue weighted by atomic mass is 9.93. The number of Topliss-reactive ketones (excluding diaryl/α,β-unsaturated/α-hetero) is 1. The van der Waals surface area contributed by atoms with Crippen molar-refractivity contribution in [1.29, 1.82) is 5.26 Å². The number of alkyl halides is 3. The maximum absolute atomic E-state index is 13.6. The van der Waals surface area contributed by atoms with Crippen LogP contribution in [0, 0.1) is 18.3 Å². The number of nitrogens with one attached hydrogen (secondary N) is 1. The van der Waals surface area contributed by atoms with E-state index in [0.717, 1.165) is 4.68 Å². The monoisotopic (exact) mass is 573 g/mol. The molecule has 0 radical (unpaired) electrons. The minimum Gasteiger partial charge on any atom is -0.385 e. The lowest BCUT2D eigenvalue weighted by Gasteiger charge is -2.13. The van der Waals surface area contributed by atoms with Crippen molar-refractivity contribution in [2.45, 2.75) is 32.2 Å². The Labute approximate surface area is 229 Å². The number of aliphatic hydroxyl groups is 1. The van der Waals surface area contributed by atoms with Gasteiger partial charge in [0.1, 0.15) is 11.8 Å². The summed E-state index contributed by atoms with van der Waals surface area (Å²) in [6.45, 7) is 1.09. The van der Waals surface area contributed by atoms with E-state index >= 15 is 0 Å². The van der Waals surface area contributed by atoms with Crippen LogP contribution >= 0.6 is 11.6 Å². The number of aromatic nitrogens is 7. The van der Waals surface area contributed by atoms with E-state index in [-0.39, 0.29) is 39.8 Å². The highest BCUT2D eigenvalue weighted by atomic mass is 35.5. The Kier molecular flexibility index (Phi) is 7.93. The number of carbonyl (C=O) groups is 2. The maximum Gasteiger partial charge on any atom is 0.455 e. The van der Waals surface area contributed by atoms with Crippen LogP contribution < -0.4 is 5.32 Å². The average Bonchev–Trinajstić information content (AvgIpc) is 3.57. The number of pyridine rings is 1. The molecule has 3 heterocycles. The van der Waals surface area contributed by atoms with Crippen molar-refractivity contribution in [3.05, 3.63) is 81.0 Å². The Balaban J connectivity index is 1.74. The van der Waals surface area contributed by atoms with E-state index in [1.54, 1.807) is 13.0 Å². The topological polar surface area (TPSA) is 164 Å². The summed E-state index contributed by atoms with van der Waals surface area (Å²) in [4.78, 5) is 30.9. The number of amides is 1. The van der Waals surface area contributed by atoms with Crippen molar-refractivity contribution in [2.75, 3.05) is 7.05 Å². The second-order valence-corrected chi connectivity index (χ2v) is 8.87. The van der Waals surface area contributed by atoms with Crippen molar-refractivity contribution >= 4 is 23.3 Å². The van der Waals surface area contributed by atoms with Gasteiger partial charge in [-0.2, -0.15) is 28.3 Å². The fraction of sp³-hybridized carbons (Fsp3) is 0.250. The Bertz CT molecular complexity index is 1640. The Morgan fingerprint density at radius 2 is 2.00 bits per heavy atom. The van der Waals surface area contributed by atoms with Crippen molar-refractivity contribution < 1.29 is 27.9 Å². The lowest BCUT2D eigenvalue weighted by Crippen LogP contribution is -2.22. The SMILES string of the molecule is CNC(=O)c1cc(C#N)cc(C)c1CC(=O)c1cc(C(O)Cn2nnc(C(F)(F)F)n2)nn1-c1ncccc1Cl. The third kappa shape index (κ3) is 5.82. The molecule has 0 aliphatic carbocycles. The molecule has 2 N–H and O–H groups in total. The fourth-order valence-electron chi connectivity index (χ4n) is 3.84. The van der Waals surface area contributed by atoms with Crippen molar-refractivity contribution in [3.63, 3.8) is 0 Å². The molecule has 40 heavy (non-hydrogen) atoms.